The molecule has 0 fully saturated rings. The zero-order valence-corrected chi connectivity index (χ0v) is 11.4. The molecule has 0 aliphatic heterocycles. The van der Waals surface area contributed by atoms with Gasteiger partial charge in [0.05, 0.1) is 6.07 Å². The second-order valence-electron chi connectivity index (χ2n) is 4.38. The van der Waals surface area contributed by atoms with E-state index in [1.54, 1.807) is 11.3 Å². The summed E-state index contributed by atoms with van der Waals surface area (Å²) in [6, 6.07) is 12.4. The van der Waals surface area contributed by atoms with Crippen LogP contribution in [0.1, 0.15) is 27.6 Å². The van der Waals surface area contributed by atoms with Crippen molar-refractivity contribution >= 4 is 11.3 Å². The maximum absolute atomic E-state index is 9.31. The second-order valence-corrected chi connectivity index (χ2v) is 5.41. The molecule has 2 nitrogen and oxygen atoms in total. The molecule has 2 aromatic rings. The third-order valence-electron chi connectivity index (χ3n) is 2.94. The molecule has 0 saturated carbocycles. The smallest absolute Gasteiger partial charge is 0.121 e. The van der Waals surface area contributed by atoms with Crippen molar-refractivity contribution in [1.29, 1.82) is 5.26 Å². The van der Waals surface area contributed by atoms with E-state index >= 15 is 0 Å². The van der Waals surface area contributed by atoms with Crippen LogP contribution in [-0.4, -0.2) is 0 Å². The highest BCUT2D eigenvalue weighted by Crippen LogP contribution is 2.20. The molecule has 0 spiro atoms. The van der Waals surface area contributed by atoms with Gasteiger partial charge >= 0.3 is 0 Å². The van der Waals surface area contributed by atoms with Crippen LogP contribution >= 0.6 is 11.3 Å². The highest BCUT2D eigenvalue weighted by atomic mass is 32.1. The molecule has 1 N–H and O–H groups in total. The van der Waals surface area contributed by atoms with Crippen LogP contribution in [0.15, 0.2) is 35.7 Å². The number of nitriles is 1. The van der Waals surface area contributed by atoms with Crippen molar-refractivity contribution in [3.63, 3.8) is 0 Å². The lowest BCUT2D eigenvalue weighted by molar-refractivity contribution is 0.633. The van der Waals surface area contributed by atoms with Gasteiger partial charge in [-0.2, -0.15) is 5.26 Å². The Kier molecular flexibility index (Phi) is 4.14. The summed E-state index contributed by atoms with van der Waals surface area (Å²) in [4.78, 5) is 1.25. The van der Waals surface area contributed by atoms with Crippen molar-refractivity contribution in [2.24, 2.45) is 0 Å². The Morgan fingerprint density at radius 3 is 2.83 bits per heavy atom. The van der Waals surface area contributed by atoms with Crippen LogP contribution in [0.2, 0.25) is 0 Å². The van der Waals surface area contributed by atoms with E-state index in [1.807, 2.05) is 13.0 Å². The van der Waals surface area contributed by atoms with Crippen molar-refractivity contribution < 1.29 is 0 Å². The highest BCUT2D eigenvalue weighted by Gasteiger charge is 2.12. The van der Waals surface area contributed by atoms with Gasteiger partial charge in [-0.15, -0.1) is 11.3 Å². The Bertz CT molecular complexity index is 552. The molecule has 2 rings (SSSR count). The number of nitrogens with one attached hydrogen (secondary N) is 1. The van der Waals surface area contributed by atoms with Crippen LogP contribution in [0.25, 0.3) is 0 Å². The van der Waals surface area contributed by atoms with E-state index in [4.69, 9.17) is 0 Å². The average molecular weight is 256 g/mol. The summed E-state index contributed by atoms with van der Waals surface area (Å²) in [7, 11) is 0. The Labute approximate surface area is 112 Å². The van der Waals surface area contributed by atoms with E-state index < -0.39 is 0 Å². The van der Waals surface area contributed by atoms with Crippen LogP contribution in [0.4, 0.5) is 0 Å². The van der Waals surface area contributed by atoms with Gasteiger partial charge in [0.2, 0.25) is 0 Å². The first-order valence-electron chi connectivity index (χ1n) is 5.93. The van der Waals surface area contributed by atoms with Gasteiger partial charge in [-0.3, -0.25) is 5.32 Å². The topological polar surface area (TPSA) is 35.8 Å². The van der Waals surface area contributed by atoms with Crippen LogP contribution in [0.5, 0.6) is 0 Å². The van der Waals surface area contributed by atoms with Crippen LogP contribution in [0.3, 0.4) is 0 Å². The fourth-order valence-corrected chi connectivity index (χ4v) is 2.57. The number of thiophene rings is 1. The molecule has 18 heavy (non-hydrogen) atoms. The minimum atomic E-state index is -0.244. The summed E-state index contributed by atoms with van der Waals surface area (Å²) in [6.45, 7) is 4.84. The summed E-state index contributed by atoms with van der Waals surface area (Å²) in [6.07, 6.45) is 0. The van der Waals surface area contributed by atoms with Gasteiger partial charge < -0.3 is 0 Å². The largest absolute Gasteiger partial charge is 0.293 e. The number of nitrogens with zero attached hydrogens (tertiary/aromatic N) is 1. The van der Waals surface area contributed by atoms with Gasteiger partial charge in [-0.05, 0) is 36.4 Å². The zero-order chi connectivity index (χ0) is 13.0. The monoisotopic (exact) mass is 256 g/mol. The van der Waals surface area contributed by atoms with Crippen LogP contribution < -0.4 is 5.32 Å². The third-order valence-corrected chi connectivity index (χ3v) is 3.81. The van der Waals surface area contributed by atoms with E-state index in [0.29, 0.717) is 0 Å². The van der Waals surface area contributed by atoms with Gasteiger partial charge in [0, 0.05) is 11.4 Å². The lowest BCUT2D eigenvalue weighted by Gasteiger charge is -2.14. The fraction of sp³-hybridized carbons (Fsp3) is 0.267. The molecule has 0 amide bonds. The molecular formula is C15H16N2S. The minimum absolute atomic E-state index is 0.244. The number of rotatable bonds is 4. The van der Waals surface area contributed by atoms with Crippen LogP contribution in [-0.2, 0) is 6.54 Å². The first-order chi connectivity index (χ1) is 8.70. The third kappa shape index (κ3) is 2.98. The summed E-state index contributed by atoms with van der Waals surface area (Å²) in [5.41, 5.74) is 3.42. The van der Waals surface area contributed by atoms with Gasteiger partial charge in [0.15, 0.2) is 0 Å². The first kappa shape index (κ1) is 12.8. The van der Waals surface area contributed by atoms with E-state index in [2.05, 4.69) is 48.0 Å². The number of hydrogen-bond donors (Lipinski definition) is 1. The normalized spacial score (nSPS) is 12.1. The molecular weight excluding hydrogens is 240 g/mol. The van der Waals surface area contributed by atoms with Gasteiger partial charge in [0.25, 0.3) is 0 Å². The molecule has 1 aromatic carbocycles. The maximum Gasteiger partial charge on any atom is 0.121 e. The lowest BCUT2D eigenvalue weighted by Crippen LogP contribution is -2.19. The SMILES string of the molecule is Cc1ccc(C)c(C(C#N)NCc2cccs2)c1. The lowest BCUT2D eigenvalue weighted by atomic mass is 10.00. The Balaban J connectivity index is 2.13. The first-order valence-corrected chi connectivity index (χ1v) is 6.81. The molecule has 1 heterocycles. The van der Waals surface area contributed by atoms with Gasteiger partial charge in [-0.1, -0.05) is 29.8 Å². The fourth-order valence-electron chi connectivity index (χ4n) is 1.91. The predicted molar refractivity (Wildman–Crippen MR) is 75.4 cm³/mol. The van der Waals surface area contributed by atoms with Crippen molar-refractivity contribution in [2.75, 3.05) is 0 Å². The maximum atomic E-state index is 9.31. The molecule has 0 radical (unpaired) electrons. The minimum Gasteiger partial charge on any atom is -0.293 e. The summed E-state index contributed by atoms with van der Waals surface area (Å²) in [5, 5.41) is 14.7. The van der Waals surface area contributed by atoms with Crippen molar-refractivity contribution in [1.82, 2.24) is 5.32 Å². The second kappa shape index (κ2) is 5.81. The Morgan fingerprint density at radius 2 is 2.17 bits per heavy atom. The van der Waals surface area contributed by atoms with Crippen molar-refractivity contribution in [3.8, 4) is 6.07 Å². The summed E-state index contributed by atoms with van der Waals surface area (Å²) < 4.78 is 0. The quantitative estimate of drug-likeness (QED) is 0.905. The van der Waals surface area contributed by atoms with Gasteiger partial charge in [0.1, 0.15) is 6.04 Å². The van der Waals surface area contributed by atoms with Crippen LogP contribution in [0, 0.1) is 25.2 Å². The molecule has 0 bridgehead atoms. The molecule has 0 aliphatic carbocycles. The summed E-state index contributed by atoms with van der Waals surface area (Å²) >= 11 is 1.71. The highest BCUT2D eigenvalue weighted by molar-refractivity contribution is 7.09. The summed E-state index contributed by atoms with van der Waals surface area (Å²) in [5.74, 6) is 0. The molecule has 3 heteroatoms. The average Bonchev–Trinajstić information content (AvgIpc) is 2.87. The Hall–Kier alpha value is -1.63. The molecule has 1 atom stereocenters. The Morgan fingerprint density at radius 1 is 1.33 bits per heavy atom. The predicted octanol–water partition coefficient (Wildman–Crippen LogP) is 3.72. The molecule has 92 valence electrons. The zero-order valence-electron chi connectivity index (χ0n) is 10.6. The number of aryl methyl sites for hydroxylation is 2. The van der Waals surface area contributed by atoms with E-state index in [-0.39, 0.29) is 6.04 Å². The molecule has 1 aromatic heterocycles. The van der Waals surface area contributed by atoms with Crippen molar-refractivity contribution in [2.45, 2.75) is 26.4 Å². The van der Waals surface area contributed by atoms with E-state index in [1.165, 1.54) is 10.4 Å². The van der Waals surface area contributed by atoms with E-state index in [0.717, 1.165) is 17.7 Å². The molecule has 0 aliphatic rings. The van der Waals surface area contributed by atoms with Gasteiger partial charge in [-0.25, -0.2) is 0 Å². The molecule has 0 saturated heterocycles. The van der Waals surface area contributed by atoms with E-state index in [9.17, 15) is 5.26 Å². The number of hydrogen-bond acceptors (Lipinski definition) is 3. The standard InChI is InChI=1S/C15H16N2S/c1-11-5-6-12(2)14(8-11)15(9-16)17-10-13-4-3-7-18-13/h3-8,15,17H,10H2,1-2H3. The number of benzene rings is 1. The van der Waals surface area contributed by atoms with Crippen molar-refractivity contribution in [3.05, 3.63) is 57.3 Å². The molecule has 1 unspecified atom stereocenters.